The number of benzene rings is 2. The third-order valence-electron chi connectivity index (χ3n) is 4.61. The number of aryl methyl sites for hydroxylation is 1. The molecule has 7 nitrogen and oxygen atoms in total. The third kappa shape index (κ3) is 3.68. The second kappa shape index (κ2) is 7.48. The molecule has 2 aromatic heterocycles. The Morgan fingerprint density at radius 2 is 1.79 bits per heavy atom. The second-order valence-electron chi connectivity index (χ2n) is 6.57. The fourth-order valence-corrected chi connectivity index (χ4v) is 2.91. The number of hydrogen-bond acceptors (Lipinski definition) is 4. The van der Waals surface area contributed by atoms with Crippen molar-refractivity contribution in [1.29, 1.82) is 0 Å². The predicted octanol–water partition coefficient (Wildman–Crippen LogP) is 3.38. The van der Waals surface area contributed by atoms with Crippen LogP contribution in [0.3, 0.4) is 0 Å². The minimum Gasteiger partial charge on any atom is -0.321 e. The lowest BCUT2D eigenvalue weighted by molar-refractivity contribution is 0.102. The minimum atomic E-state index is -0.290. The summed E-state index contributed by atoms with van der Waals surface area (Å²) in [6, 6.07) is 17.5. The zero-order valence-electron chi connectivity index (χ0n) is 15.7. The van der Waals surface area contributed by atoms with E-state index in [2.05, 4.69) is 20.6 Å². The molecule has 140 valence electrons. The first-order chi connectivity index (χ1) is 13.6. The molecule has 0 radical (unpaired) electrons. The van der Waals surface area contributed by atoms with Gasteiger partial charge in [0.2, 0.25) is 0 Å². The van der Waals surface area contributed by atoms with Gasteiger partial charge >= 0.3 is 0 Å². The molecule has 0 spiro atoms. The first kappa shape index (κ1) is 17.7. The summed E-state index contributed by atoms with van der Waals surface area (Å²) in [4.78, 5) is 16.8. The zero-order chi connectivity index (χ0) is 19.5. The molecular formula is C21H20N6O. The van der Waals surface area contributed by atoms with Gasteiger partial charge in [-0.1, -0.05) is 35.5 Å². The maximum atomic E-state index is 12.5. The van der Waals surface area contributed by atoms with Gasteiger partial charge in [-0.3, -0.25) is 4.79 Å². The largest absolute Gasteiger partial charge is 0.321 e. The van der Waals surface area contributed by atoms with E-state index >= 15 is 0 Å². The van der Waals surface area contributed by atoms with Crippen molar-refractivity contribution in [2.24, 2.45) is 0 Å². The molecule has 1 amide bonds. The molecule has 28 heavy (non-hydrogen) atoms. The summed E-state index contributed by atoms with van der Waals surface area (Å²) < 4.78 is 3.66. The highest BCUT2D eigenvalue weighted by Gasteiger charge is 2.12. The Kier molecular flexibility index (Phi) is 4.72. The Morgan fingerprint density at radius 1 is 1.04 bits per heavy atom. The molecule has 0 atom stereocenters. The number of aromatic nitrogens is 5. The van der Waals surface area contributed by atoms with Crippen molar-refractivity contribution in [3.63, 3.8) is 0 Å². The van der Waals surface area contributed by atoms with E-state index in [1.54, 1.807) is 17.2 Å². The summed E-state index contributed by atoms with van der Waals surface area (Å²) in [5.41, 5.74) is 5.15. The average molecular weight is 372 g/mol. The number of nitrogens with one attached hydrogen (secondary N) is 1. The predicted molar refractivity (Wildman–Crippen MR) is 107 cm³/mol. The topological polar surface area (TPSA) is 77.6 Å². The summed E-state index contributed by atoms with van der Waals surface area (Å²) in [6.07, 6.45) is 3.44. The van der Waals surface area contributed by atoms with Crippen molar-refractivity contribution in [3.8, 4) is 5.69 Å². The van der Waals surface area contributed by atoms with E-state index < -0.39 is 0 Å². The summed E-state index contributed by atoms with van der Waals surface area (Å²) in [6.45, 7) is 4.57. The highest BCUT2D eigenvalue weighted by atomic mass is 16.2. The molecule has 0 aliphatic heterocycles. The van der Waals surface area contributed by atoms with Gasteiger partial charge in [0.05, 0.1) is 24.8 Å². The van der Waals surface area contributed by atoms with Crippen molar-refractivity contribution in [2.75, 3.05) is 5.32 Å². The van der Waals surface area contributed by atoms with Gasteiger partial charge in [0.25, 0.3) is 5.91 Å². The Morgan fingerprint density at radius 3 is 2.46 bits per heavy atom. The van der Waals surface area contributed by atoms with Crippen LogP contribution >= 0.6 is 0 Å². The molecule has 0 unspecified atom stereocenters. The molecule has 2 heterocycles. The standard InChI is InChI=1S/C21H20N6O/c1-15-16(2)27(14-22-15)19-10-8-18(9-11-19)23-21(28)20-13-26(25-24-20)12-17-6-4-3-5-7-17/h3-11,13-14H,12H2,1-2H3,(H,23,28). The van der Waals surface area contributed by atoms with E-state index in [1.807, 2.05) is 73.0 Å². The molecule has 7 heteroatoms. The number of imidazole rings is 1. The van der Waals surface area contributed by atoms with E-state index in [-0.39, 0.29) is 11.6 Å². The van der Waals surface area contributed by atoms with E-state index in [4.69, 9.17) is 0 Å². The zero-order valence-corrected chi connectivity index (χ0v) is 15.7. The highest BCUT2D eigenvalue weighted by molar-refractivity contribution is 6.02. The van der Waals surface area contributed by atoms with Gasteiger partial charge in [-0.15, -0.1) is 5.10 Å². The number of anilines is 1. The monoisotopic (exact) mass is 372 g/mol. The van der Waals surface area contributed by atoms with Crippen molar-refractivity contribution in [1.82, 2.24) is 24.5 Å². The van der Waals surface area contributed by atoms with Crippen LogP contribution in [-0.4, -0.2) is 30.5 Å². The van der Waals surface area contributed by atoms with Gasteiger partial charge < -0.3 is 9.88 Å². The fourth-order valence-electron chi connectivity index (χ4n) is 2.91. The normalized spacial score (nSPS) is 10.8. The molecule has 2 aromatic carbocycles. The lowest BCUT2D eigenvalue weighted by Crippen LogP contribution is -2.12. The first-order valence-corrected chi connectivity index (χ1v) is 8.96. The van der Waals surface area contributed by atoms with Crippen LogP contribution in [0.4, 0.5) is 5.69 Å². The van der Waals surface area contributed by atoms with Crippen LogP contribution in [0.15, 0.2) is 67.1 Å². The van der Waals surface area contributed by atoms with E-state index in [0.29, 0.717) is 12.2 Å². The SMILES string of the molecule is Cc1ncn(-c2ccc(NC(=O)c3cn(Cc4ccccc4)nn3)cc2)c1C. The van der Waals surface area contributed by atoms with E-state index in [0.717, 1.165) is 22.6 Å². The van der Waals surface area contributed by atoms with Crippen molar-refractivity contribution in [3.05, 3.63) is 89.8 Å². The summed E-state index contributed by atoms with van der Waals surface area (Å²) in [5.74, 6) is -0.290. The molecule has 0 bridgehead atoms. The number of hydrogen-bond donors (Lipinski definition) is 1. The number of carbonyl (C=O) groups excluding carboxylic acids is 1. The van der Waals surface area contributed by atoms with Crippen LogP contribution in [0, 0.1) is 13.8 Å². The first-order valence-electron chi connectivity index (χ1n) is 8.96. The summed E-state index contributed by atoms with van der Waals surface area (Å²) in [5, 5.41) is 10.9. The molecule has 4 rings (SSSR count). The molecule has 0 aliphatic rings. The molecular weight excluding hydrogens is 352 g/mol. The lowest BCUT2D eigenvalue weighted by atomic mass is 10.2. The molecule has 4 aromatic rings. The Labute approximate surface area is 162 Å². The molecule has 1 N–H and O–H groups in total. The van der Waals surface area contributed by atoms with Gasteiger partial charge in [0.15, 0.2) is 5.69 Å². The molecule has 0 saturated carbocycles. The van der Waals surface area contributed by atoms with Crippen molar-refractivity contribution < 1.29 is 4.79 Å². The Hall–Kier alpha value is -3.74. The maximum Gasteiger partial charge on any atom is 0.277 e. The number of amides is 1. The van der Waals surface area contributed by atoms with Crippen LogP contribution in [0.5, 0.6) is 0 Å². The van der Waals surface area contributed by atoms with E-state index in [1.165, 1.54) is 0 Å². The third-order valence-corrected chi connectivity index (χ3v) is 4.61. The van der Waals surface area contributed by atoms with Gasteiger partial charge in [-0.2, -0.15) is 0 Å². The summed E-state index contributed by atoms with van der Waals surface area (Å²) in [7, 11) is 0. The van der Waals surface area contributed by atoms with Gasteiger partial charge in [0.1, 0.15) is 0 Å². The van der Waals surface area contributed by atoms with Gasteiger partial charge in [-0.25, -0.2) is 9.67 Å². The van der Waals surface area contributed by atoms with Crippen LogP contribution in [0.1, 0.15) is 27.4 Å². The van der Waals surface area contributed by atoms with Crippen LogP contribution in [-0.2, 0) is 6.54 Å². The van der Waals surface area contributed by atoms with E-state index in [9.17, 15) is 4.79 Å². The number of carbonyl (C=O) groups is 1. The fraction of sp³-hybridized carbons (Fsp3) is 0.143. The minimum absolute atomic E-state index is 0.279. The highest BCUT2D eigenvalue weighted by Crippen LogP contribution is 2.17. The Balaban J connectivity index is 1.43. The quantitative estimate of drug-likeness (QED) is 0.583. The number of rotatable bonds is 5. The molecule has 0 saturated heterocycles. The summed E-state index contributed by atoms with van der Waals surface area (Å²) >= 11 is 0. The van der Waals surface area contributed by atoms with Crippen LogP contribution < -0.4 is 5.32 Å². The van der Waals surface area contributed by atoms with Crippen LogP contribution in [0.25, 0.3) is 5.69 Å². The van der Waals surface area contributed by atoms with Crippen molar-refractivity contribution in [2.45, 2.75) is 20.4 Å². The smallest absolute Gasteiger partial charge is 0.277 e. The Bertz CT molecular complexity index is 1100. The molecule has 0 fully saturated rings. The average Bonchev–Trinajstić information content (AvgIpc) is 3.31. The second-order valence-corrected chi connectivity index (χ2v) is 6.57. The van der Waals surface area contributed by atoms with Gasteiger partial charge in [-0.05, 0) is 43.7 Å². The molecule has 0 aliphatic carbocycles. The van der Waals surface area contributed by atoms with Crippen molar-refractivity contribution >= 4 is 11.6 Å². The van der Waals surface area contributed by atoms with Gasteiger partial charge in [0, 0.05) is 17.1 Å². The maximum absolute atomic E-state index is 12.5. The lowest BCUT2D eigenvalue weighted by Gasteiger charge is -2.07. The number of nitrogens with zero attached hydrogens (tertiary/aromatic N) is 5. The van der Waals surface area contributed by atoms with Crippen LogP contribution in [0.2, 0.25) is 0 Å².